The van der Waals surface area contributed by atoms with Gasteiger partial charge < -0.3 is 20.1 Å². The van der Waals surface area contributed by atoms with Crippen LogP contribution in [0.4, 0.5) is 4.79 Å². The first-order valence-corrected chi connectivity index (χ1v) is 7.43. The molecule has 21 heavy (non-hydrogen) atoms. The molecule has 1 saturated heterocycles. The zero-order valence-electron chi connectivity index (χ0n) is 13.5. The van der Waals surface area contributed by atoms with Crippen molar-refractivity contribution in [2.24, 2.45) is 16.7 Å². The van der Waals surface area contributed by atoms with E-state index in [1.54, 1.807) is 7.11 Å². The molecule has 0 spiro atoms. The summed E-state index contributed by atoms with van der Waals surface area (Å²) < 4.78 is 5.19. The van der Waals surface area contributed by atoms with Crippen molar-refractivity contribution in [2.45, 2.75) is 46.3 Å². The van der Waals surface area contributed by atoms with E-state index in [0.29, 0.717) is 25.4 Å². The van der Waals surface area contributed by atoms with E-state index in [4.69, 9.17) is 4.74 Å². The highest BCUT2D eigenvalue weighted by molar-refractivity contribution is 5.83. The number of carbonyl (C=O) groups excluding carboxylic acids is 1. The molecule has 2 unspecified atom stereocenters. The van der Waals surface area contributed by atoms with Crippen molar-refractivity contribution >= 4 is 12.0 Å². The number of nitrogens with one attached hydrogen (secondary N) is 1. The molecule has 2 aliphatic rings. The van der Waals surface area contributed by atoms with Crippen molar-refractivity contribution in [3.8, 4) is 0 Å². The van der Waals surface area contributed by atoms with E-state index in [1.165, 1.54) is 4.90 Å². The lowest BCUT2D eigenvalue weighted by atomic mass is 10.0. The fourth-order valence-corrected chi connectivity index (χ4v) is 3.56. The molecule has 2 amide bonds. The Hall–Kier alpha value is -1.30. The van der Waals surface area contributed by atoms with Crippen molar-refractivity contribution < 1.29 is 19.4 Å². The number of hydrogen-bond donors (Lipinski definition) is 2. The quantitative estimate of drug-likeness (QED) is 0.825. The van der Waals surface area contributed by atoms with Gasteiger partial charge in [0.15, 0.2) is 0 Å². The highest BCUT2D eigenvalue weighted by atomic mass is 16.5. The smallest absolute Gasteiger partial charge is 0.326 e. The van der Waals surface area contributed by atoms with E-state index in [-0.39, 0.29) is 23.0 Å². The van der Waals surface area contributed by atoms with Gasteiger partial charge in [-0.2, -0.15) is 0 Å². The Labute approximate surface area is 125 Å². The normalized spacial score (nSPS) is 30.2. The summed E-state index contributed by atoms with van der Waals surface area (Å²) in [5.41, 5.74) is 0.402. The Morgan fingerprint density at radius 3 is 2.29 bits per heavy atom. The summed E-state index contributed by atoms with van der Waals surface area (Å²) in [4.78, 5) is 24.9. The summed E-state index contributed by atoms with van der Waals surface area (Å²) in [5.74, 6) is -0.560. The average molecular weight is 298 g/mol. The van der Waals surface area contributed by atoms with Gasteiger partial charge in [-0.15, -0.1) is 0 Å². The summed E-state index contributed by atoms with van der Waals surface area (Å²) in [6, 6.07) is -1.10. The van der Waals surface area contributed by atoms with Crippen LogP contribution in [0.2, 0.25) is 0 Å². The third-order valence-electron chi connectivity index (χ3n) is 5.92. The zero-order valence-corrected chi connectivity index (χ0v) is 13.5. The fraction of sp³-hybridized carbons (Fsp3) is 0.867. The summed E-state index contributed by atoms with van der Waals surface area (Å²) in [6.07, 6.45) is 0.144. The minimum atomic E-state index is -0.975. The van der Waals surface area contributed by atoms with E-state index in [2.05, 4.69) is 33.0 Å². The minimum absolute atomic E-state index is 0.201. The molecule has 2 rings (SSSR count). The van der Waals surface area contributed by atoms with Crippen LogP contribution in [0.5, 0.6) is 0 Å². The Balaban J connectivity index is 1.93. The monoisotopic (exact) mass is 298 g/mol. The predicted octanol–water partition coefficient (Wildman–Crippen LogP) is 1.55. The number of urea groups is 1. The summed E-state index contributed by atoms with van der Waals surface area (Å²) >= 11 is 0. The third-order valence-corrected chi connectivity index (χ3v) is 5.92. The molecule has 1 aliphatic heterocycles. The van der Waals surface area contributed by atoms with Gasteiger partial charge in [0.05, 0.1) is 6.10 Å². The maximum Gasteiger partial charge on any atom is 0.326 e. The van der Waals surface area contributed by atoms with Crippen LogP contribution in [-0.4, -0.2) is 54.4 Å². The van der Waals surface area contributed by atoms with Crippen LogP contribution in [0.1, 0.15) is 34.1 Å². The van der Waals surface area contributed by atoms with Crippen LogP contribution < -0.4 is 5.32 Å². The number of likely N-dealkylation sites (tertiary alicyclic amines) is 1. The van der Waals surface area contributed by atoms with Gasteiger partial charge in [-0.3, -0.25) is 0 Å². The number of aliphatic carboxylic acids is 1. The number of amides is 2. The van der Waals surface area contributed by atoms with Gasteiger partial charge in [0.25, 0.3) is 0 Å². The second-order valence-corrected chi connectivity index (χ2v) is 7.28. The van der Waals surface area contributed by atoms with Crippen LogP contribution in [0.25, 0.3) is 0 Å². The number of nitrogens with zero attached hydrogens (tertiary/aromatic N) is 1. The topological polar surface area (TPSA) is 78.9 Å². The molecule has 0 aromatic rings. The SMILES string of the molecule is COC1CC(C(=O)O)N(C(=O)NCC2C(C)(C)C2(C)C)C1. The minimum Gasteiger partial charge on any atom is -0.480 e. The summed E-state index contributed by atoms with van der Waals surface area (Å²) in [5, 5.41) is 12.1. The van der Waals surface area contributed by atoms with E-state index in [1.807, 2.05) is 0 Å². The van der Waals surface area contributed by atoms with Crippen LogP contribution in [0.15, 0.2) is 0 Å². The summed E-state index contributed by atoms with van der Waals surface area (Å²) in [7, 11) is 1.54. The van der Waals surface area contributed by atoms with Gasteiger partial charge in [-0.05, 0) is 16.7 Å². The van der Waals surface area contributed by atoms with Gasteiger partial charge in [0.1, 0.15) is 6.04 Å². The number of carboxylic acids is 1. The first kappa shape index (κ1) is 16.1. The van der Waals surface area contributed by atoms with Gasteiger partial charge in [-0.25, -0.2) is 9.59 Å². The molecule has 1 heterocycles. The van der Waals surface area contributed by atoms with Gasteiger partial charge in [0.2, 0.25) is 0 Å². The van der Waals surface area contributed by atoms with Crippen molar-refractivity contribution in [3.63, 3.8) is 0 Å². The maximum atomic E-state index is 12.3. The standard InChI is InChI=1S/C15H26N2O4/c1-14(2)11(15(14,3)4)7-16-13(20)17-8-9(21-5)6-10(17)12(18)19/h9-11H,6-8H2,1-5H3,(H,16,20)(H,18,19). The van der Waals surface area contributed by atoms with Crippen molar-refractivity contribution in [2.75, 3.05) is 20.2 Å². The van der Waals surface area contributed by atoms with Crippen molar-refractivity contribution in [3.05, 3.63) is 0 Å². The Morgan fingerprint density at radius 1 is 1.29 bits per heavy atom. The summed E-state index contributed by atoms with van der Waals surface area (Å²) in [6.45, 7) is 9.69. The van der Waals surface area contributed by atoms with Crippen LogP contribution in [-0.2, 0) is 9.53 Å². The third kappa shape index (κ3) is 2.61. The van der Waals surface area contributed by atoms with Crippen LogP contribution in [0, 0.1) is 16.7 Å². The number of hydrogen-bond acceptors (Lipinski definition) is 3. The highest BCUT2D eigenvalue weighted by Crippen LogP contribution is 2.67. The van der Waals surface area contributed by atoms with Gasteiger partial charge in [-0.1, -0.05) is 27.7 Å². The number of carboxylic acid groups (broad SMARTS) is 1. The molecule has 120 valence electrons. The predicted molar refractivity (Wildman–Crippen MR) is 78.0 cm³/mol. The number of ether oxygens (including phenoxy) is 1. The number of methoxy groups -OCH3 is 1. The van der Waals surface area contributed by atoms with E-state index >= 15 is 0 Å². The molecule has 0 aromatic carbocycles. The van der Waals surface area contributed by atoms with Crippen molar-refractivity contribution in [1.82, 2.24) is 10.2 Å². The van der Waals surface area contributed by atoms with Crippen molar-refractivity contribution in [1.29, 1.82) is 0 Å². The second-order valence-electron chi connectivity index (χ2n) is 7.28. The molecule has 0 radical (unpaired) electrons. The Bertz CT molecular complexity index is 433. The molecule has 2 fully saturated rings. The Morgan fingerprint density at radius 2 is 1.86 bits per heavy atom. The first-order chi connectivity index (χ1) is 9.62. The molecule has 6 nitrogen and oxygen atoms in total. The average Bonchev–Trinajstić information content (AvgIpc) is 2.74. The molecular formula is C15H26N2O4. The number of rotatable bonds is 4. The lowest BCUT2D eigenvalue weighted by molar-refractivity contribution is -0.141. The van der Waals surface area contributed by atoms with Gasteiger partial charge >= 0.3 is 12.0 Å². The van der Waals surface area contributed by atoms with E-state index in [9.17, 15) is 14.7 Å². The molecule has 2 atom stereocenters. The van der Waals surface area contributed by atoms with Crippen LogP contribution in [0.3, 0.4) is 0 Å². The first-order valence-electron chi connectivity index (χ1n) is 7.43. The van der Waals surface area contributed by atoms with Gasteiger partial charge in [0, 0.05) is 26.6 Å². The van der Waals surface area contributed by atoms with E-state index < -0.39 is 12.0 Å². The molecule has 0 aromatic heterocycles. The molecule has 2 N–H and O–H groups in total. The molecule has 6 heteroatoms. The fourth-order valence-electron chi connectivity index (χ4n) is 3.56. The largest absolute Gasteiger partial charge is 0.480 e. The number of carbonyl (C=O) groups is 2. The van der Waals surface area contributed by atoms with Crippen LogP contribution >= 0.6 is 0 Å². The Kier molecular flexibility index (Phi) is 3.95. The zero-order chi connectivity index (χ0) is 16.0. The molecule has 0 bridgehead atoms. The molecule has 1 aliphatic carbocycles. The highest BCUT2D eigenvalue weighted by Gasteiger charge is 2.64. The van der Waals surface area contributed by atoms with E-state index in [0.717, 1.165) is 0 Å². The maximum absolute atomic E-state index is 12.3. The lowest BCUT2D eigenvalue weighted by Crippen LogP contribution is -2.46. The lowest BCUT2D eigenvalue weighted by Gasteiger charge is -2.22. The molecule has 1 saturated carbocycles. The second kappa shape index (κ2) is 5.16. The molecular weight excluding hydrogens is 272 g/mol.